The first-order valence-electron chi connectivity index (χ1n) is 27.6. The Kier molecular flexibility index (Phi) is 27.6. The van der Waals surface area contributed by atoms with E-state index >= 15 is 0 Å². The molecule has 4 aromatic carbocycles. The fourth-order valence-electron chi connectivity index (χ4n) is 8.19. The molecule has 2 aliphatic heterocycles. The summed E-state index contributed by atoms with van der Waals surface area (Å²) in [5, 5.41) is 11.0. The number of halogens is 6. The number of methoxy groups -OCH3 is 2. The number of amidine groups is 1. The molecule has 6 aromatic rings. The van der Waals surface area contributed by atoms with Crippen molar-refractivity contribution in [3.8, 4) is 45.6 Å². The summed E-state index contributed by atoms with van der Waals surface area (Å²) in [4.78, 5) is 73.5. The van der Waals surface area contributed by atoms with E-state index in [1.54, 1.807) is 90.1 Å². The number of aldehydes is 1. The van der Waals surface area contributed by atoms with Crippen LogP contribution in [-0.2, 0) is 46.9 Å². The minimum atomic E-state index is -4.77. The number of nitrogens with zero attached hydrogens (tertiary/aromatic N) is 8. The van der Waals surface area contributed by atoms with Crippen molar-refractivity contribution < 1.29 is 92.3 Å². The summed E-state index contributed by atoms with van der Waals surface area (Å²) < 4.78 is 125. The molecule has 0 saturated carbocycles. The molecule has 8 rings (SSSR count). The van der Waals surface area contributed by atoms with Crippen molar-refractivity contribution in [3.63, 3.8) is 0 Å². The first-order chi connectivity index (χ1) is 42.3. The Labute approximate surface area is 522 Å². The number of benzene rings is 4. The van der Waals surface area contributed by atoms with Crippen LogP contribution in [0, 0.1) is 0 Å². The number of hydrogen-bond acceptors (Lipinski definition) is 20. The second kappa shape index (κ2) is 33.8. The smallest absolute Gasteiger partial charge is 0.468 e. The molecular formula is C61H74F6N9O14P. The number of amides is 1. The quantitative estimate of drug-likeness (QED) is 0.0236. The van der Waals surface area contributed by atoms with Gasteiger partial charge < -0.3 is 42.4 Å². The number of fused-ring (bicyclic) bond motifs is 1. The average molecular weight is 1300 g/mol. The summed E-state index contributed by atoms with van der Waals surface area (Å²) >= 11 is 0. The summed E-state index contributed by atoms with van der Waals surface area (Å²) in [6.45, 7) is 13.7. The highest BCUT2D eigenvalue weighted by atomic mass is 31.2. The van der Waals surface area contributed by atoms with Gasteiger partial charge in [-0.25, -0.2) is 28.9 Å². The molecule has 494 valence electrons. The number of ether oxygens (including phenoxy) is 6. The molecule has 1 atom stereocenters. The molecule has 2 aliphatic rings. The Morgan fingerprint density at radius 3 is 1.53 bits per heavy atom. The molecule has 1 N–H and O–H groups in total. The second-order valence-corrected chi connectivity index (χ2v) is 23.8. The van der Waals surface area contributed by atoms with E-state index in [2.05, 4.69) is 49.6 Å². The van der Waals surface area contributed by atoms with Gasteiger partial charge in [-0.15, -0.1) is 36.5 Å². The number of aliphatic imine (C=N–C) groups is 1. The number of esters is 3. The number of aromatic nitrogens is 6. The lowest BCUT2D eigenvalue weighted by Gasteiger charge is -2.27. The van der Waals surface area contributed by atoms with Crippen molar-refractivity contribution in [3.05, 3.63) is 127 Å². The molecular weight excluding hydrogens is 1230 g/mol. The van der Waals surface area contributed by atoms with Crippen LogP contribution in [0.1, 0.15) is 103 Å². The molecule has 1 unspecified atom stereocenters. The lowest BCUT2D eigenvalue weighted by Crippen LogP contribution is -2.34. The van der Waals surface area contributed by atoms with E-state index in [4.69, 9.17) is 23.3 Å². The summed E-state index contributed by atoms with van der Waals surface area (Å²) in [5.41, 5.74) is 0.588. The van der Waals surface area contributed by atoms with E-state index in [1.807, 2.05) is 0 Å². The predicted molar refractivity (Wildman–Crippen MR) is 323 cm³/mol. The summed E-state index contributed by atoms with van der Waals surface area (Å²) in [7, 11) is 0.824. The summed E-state index contributed by atoms with van der Waals surface area (Å²) in [5.74, 6) is -0.746. The number of nitrogens with one attached hydrogen (secondary N) is 1. The SMILES string of the molecule is C.C1CCC2=NCCCN2CC1.COC(=O)/C(=C/c1ccc(-c2ncn(-c3ccc(OC(F)(F)F)cc3)n2)cc1)NC(=O)OC(C)(C)C.COC(=O)C(CC(=O)OC(C)(C)C)P(=O)(OC)OC.O=Cc1ccc(-c2ncn(-c3ccc(OC(F)(F)F)cc3)n2)cc1. The molecule has 23 nitrogen and oxygen atoms in total. The molecule has 1 amide bonds. The van der Waals surface area contributed by atoms with Crippen LogP contribution in [0.5, 0.6) is 11.5 Å². The lowest BCUT2D eigenvalue weighted by molar-refractivity contribution is -0.275. The highest BCUT2D eigenvalue weighted by molar-refractivity contribution is 7.55. The maximum Gasteiger partial charge on any atom is 0.573 e. The maximum absolute atomic E-state index is 12.3. The predicted octanol–water partition coefficient (Wildman–Crippen LogP) is 12.6. The zero-order chi connectivity index (χ0) is 66.5. The Hall–Kier alpha value is -8.95. The Balaban J connectivity index is 0.000000278. The van der Waals surface area contributed by atoms with Crippen molar-refractivity contribution in [2.24, 2.45) is 4.99 Å². The van der Waals surface area contributed by atoms with Gasteiger partial charge in [0, 0.05) is 57.0 Å². The van der Waals surface area contributed by atoms with Crippen LogP contribution in [0.4, 0.5) is 31.1 Å². The minimum Gasteiger partial charge on any atom is -0.468 e. The van der Waals surface area contributed by atoms with Crippen molar-refractivity contribution in [2.75, 3.05) is 48.1 Å². The van der Waals surface area contributed by atoms with Crippen LogP contribution in [0.3, 0.4) is 0 Å². The van der Waals surface area contributed by atoms with E-state index < -0.39 is 67.6 Å². The lowest BCUT2D eigenvalue weighted by atomic mass is 10.1. The van der Waals surface area contributed by atoms with Crippen LogP contribution in [0.25, 0.3) is 40.2 Å². The number of rotatable bonds is 16. The van der Waals surface area contributed by atoms with Crippen molar-refractivity contribution in [1.82, 2.24) is 39.7 Å². The standard InChI is InChI=1S/C24H23F3N4O5.C16H10F3N3O2.C11H21O7P.C9H16N2.CH4/c1-23(2,3)36-22(33)29-19(21(32)34-4)13-15-5-7-16(8-6-15)20-28-14-31(30-20)17-9-11-18(12-10-17)35-24(25,26)27;17-16(18,19)24-14-7-5-13(6-8-14)22-10-20-15(21-22)12-3-1-11(9-23)2-4-12;1-11(2,3)18-9(12)7-8(10(13)15-4)19(14,16-5)17-6;1-2-5-9-10-6-4-8-11(9)7-3-1;/h5-14H,1-4H3,(H,29,33);1-10H;8H,7H2,1-6H3;1-8H2;1H4/b19-13-;;;;. The second-order valence-electron chi connectivity index (χ2n) is 21.3. The molecule has 0 aliphatic carbocycles. The third-order valence-electron chi connectivity index (χ3n) is 12.2. The third kappa shape index (κ3) is 25.1. The number of alkyl halides is 6. The van der Waals surface area contributed by atoms with Gasteiger partial charge in [-0.05, 0) is 121 Å². The van der Waals surface area contributed by atoms with Crippen molar-refractivity contribution in [1.29, 1.82) is 0 Å². The Morgan fingerprint density at radius 2 is 1.10 bits per heavy atom. The van der Waals surface area contributed by atoms with Gasteiger partial charge in [0.05, 0.1) is 37.9 Å². The fourth-order valence-corrected chi connectivity index (χ4v) is 9.58. The van der Waals surface area contributed by atoms with Crippen LogP contribution in [-0.4, -0.2) is 148 Å². The number of hydrogen-bond donors (Lipinski definition) is 1. The monoisotopic (exact) mass is 1300 g/mol. The molecule has 91 heavy (non-hydrogen) atoms. The van der Waals surface area contributed by atoms with Crippen LogP contribution < -0.4 is 14.8 Å². The molecule has 0 bridgehead atoms. The Morgan fingerprint density at radius 1 is 0.626 bits per heavy atom. The van der Waals surface area contributed by atoms with Gasteiger partial charge in [0.25, 0.3) is 0 Å². The van der Waals surface area contributed by atoms with Gasteiger partial charge >= 0.3 is 44.3 Å². The molecule has 1 fully saturated rings. The largest absolute Gasteiger partial charge is 0.573 e. The van der Waals surface area contributed by atoms with Crippen LogP contribution >= 0.6 is 7.60 Å². The molecule has 2 aromatic heterocycles. The fraction of sp³-hybridized carbons (Fsp3) is 0.410. The van der Waals surface area contributed by atoms with Gasteiger partial charge in [0.1, 0.15) is 47.3 Å². The molecule has 4 heterocycles. The molecule has 0 spiro atoms. The van der Waals surface area contributed by atoms with E-state index in [-0.39, 0.29) is 24.6 Å². The minimum absolute atomic E-state index is 0. The van der Waals surface area contributed by atoms with Crippen LogP contribution in [0.2, 0.25) is 0 Å². The van der Waals surface area contributed by atoms with E-state index in [0.717, 1.165) is 39.7 Å². The van der Waals surface area contributed by atoms with Gasteiger partial charge in [-0.2, -0.15) is 0 Å². The van der Waals surface area contributed by atoms with E-state index in [1.165, 1.54) is 135 Å². The topological polar surface area (TPSA) is 265 Å². The highest BCUT2D eigenvalue weighted by Gasteiger charge is 2.43. The average Bonchev–Trinajstić information content (AvgIpc) is 1.92. The van der Waals surface area contributed by atoms with Gasteiger partial charge in [-0.1, -0.05) is 62.4 Å². The van der Waals surface area contributed by atoms with Gasteiger partial charge in [-0.3, -0.25) is 29.3 Å². The number of alkyl carbamates (subject to hydrolysis) is 1. The number of carbonyl (C=O) groups is 5. The molecule has 30 heteroatoms. The van der Waals surface area contributed by atoms with Crippen molar-refractivity contribution >= 4 is 49.8 Å². The first-order valence-corrected chi connectivity index (χ1v) is 29.3. The zero-order valence-electron chi connectivity index (χ0n) is 51.0. The highest BCUT2D eigenvalue weighted by Crippen LogP contribution is 2.53. The van der Waals surface area contributed by atoms with E-state index in [9.17, 15) is 54.9 Å². The number of carbonyl (C=O) groups excluding carboxylic acids is 5. The summed E-state index contributed by atoms with van der Waals surface area (Å²) in [6.07, 6.45) is 0.921. The molecule has 1 saturated heterocycles. The van der Waals surface area contributed by atoms with Gasteiger partial charge in [0.15, 0.2) is 17.3 Å². The molecule has 0 radical (unpaired) electrons. The third-order valence-corrected chi connectivity index (χ3v) is 14.4. The van der Waals surface area contributed by atoms with Gasteiger partial charge in [0.2, 0.25) is 0 Å². The normalized spacial score (nSPS) is 13.7. The summed E-state index contributed by atoms with van der Waals surface area (Å²) in [6, 6.07) is 23.9. The first kappa shape index (κ1) is 74.5. The maximum atomic E-state index is 12.3. The zero-order valence-corrected chi connectivity index (χ0v) is 51.9. The Bertz CT molecular complexity index is 3430. The van der Waals surface area contributed by atoms with E-state index in [0.29, 0.717) is 39.7 Å². The van der Waals surface area contributed by atoms with Crippen LogP contribution in [0.15, 0.2) is 120 Å². The van der Waals surface area contributed by atoms with Crippen molar-refractivity contribution in [2.45, 2.75) is 117 Å².